The van der Waals surface area contributed by atoms with Gasteiger partial charge in [-0.1, -0.05) is 78.4 Å². The third-order valence-electron chi connectivity index (χ3n) is 5.31. The molecule has 1 unspecified atom stereocenters. The minimum absolute atomic E-state index is 0.0484. The van der Waals surface area contributed by atoms with E-state index < -0.39 is 0 Å². The molecule has 1 aromatic heterocycles. The van der Waals surface area contributed by atoms with Crippen LogP contribution in [0.4, 0.5) is 5.69 Å². The lowest BCUT2D eigenvalue weighted by atomic mass is 9.92. The Hall–Kier alpha value is -3.39. The highest BCUT2D eigenvalue weighted by molar-refractivity contribution is 5.70. The van der Waals surface area contributed by atoms with E-state index in [0.29, 0.717) is 0 Å². The topological polar surface area (TPSA) is 24.9 Å². The van der Waals surface area contributed by atoms with Crippen molar-refractivity contribution in [3.63, 3.8) is 0 Å². The van der Waals surface area contributed by atoms with E-state index in [1.807, 2.05) is 12.3 Å². The number of nitrogens with zero attached hydrogens (tertiary/aromatic N) is 1. The number of pyridine rings is 1. The van der Waals surface area contributed by atoms with Crippen LogP contribution in [-0.2, 0) is 0 Å². The Morgan fingerprint density at radius 1 is 0.724 bits per heavy atom. The van der Waals surface area contributed by atoms with Crippen LogP contribution >= 0.6 is 0 Å². The molecule has 0 spiro atoms. The van der Waals surface area contributed by atoms with E-state index in [2.05, 4.69) is 105 Å². The van der Waals surface area contributed by atoms with Crippen LogP contribution < -0.4 is 5.32 Å². The fourth-order valence-corrected chi connectivity index (χ4v) is 4.04. The molecule has 29 heavy (non-hydrogen) atoms. The third kappa shape index (κ3) is 4.07. The van der Waals surface area contributed by atoms with Gasteiger partial charge in [0.15, 0.2) is 0 Å². The van der Waals surface area contributed by atoms with Crippen molar-refractivity contribution >= 4 is 5.69 Å². The molecule has 1 atom stereocenters. The Bertz CT molecular complexity index is 1080. The van der Waals surface area contributed by atoms with Crippen molar-refractivity contribution in [2.45, 2.75) is 26.8 Å². The smallest absolute Gasteiger partial charge is 0.0946 e. The number of hydrogen-bond acceptors (Lipinski definition) is 2. The first-order valence-corrected chi connectivity index (χ1v) is 10.0. The van der Waals surface area contributed by atoms with E-state index in [-0.39, 0.29) is 6.04 Å². The maximum Gasteiger partial charge on any atom is 0.0946 e. The van der Waals surface area contributed by atoms with Gasteiger partial charge < -0.3 is 5.32 Å². The Labute approximate surface area is 173 Å². The molecule has 0 aliphatic carbocycles. The fraction of sp³-hybridized carbons (Fsp3) is 0.148. The van der Waals surface area contributed by atoms with Gasteiger partial charge in [-0.25, -0.2) is 0 Å². The minimum Gasteiger partial charge on any atom is -0.372 e. The number of benzene rings is 3. The molecule has 0 bridgehead atoms. The van der Waals surface area contributed by atoms with Crippen LogP contribution in [0, 0.1) is 20.8 Å². The zero-order chi connectivity index (χ0) is 20.2. The summed E-state index contributed by atoms with van der Waals surface area (Å²) in [4.78, 5) is 4.70. The van der Waals surface area contributed by atoms with Crippen molar-refractivity contribution < 1.29 is 0 Å². The van der Waals surface area contributed by atoms with E-state index in [4.69, 9.17) is 4.98 Å². The van der Waals surface area contributed by atoms with Crippen molar-refractivity contribution in [3.05, 3.63) is 119 Å². The molecule has 2 heteroatoms. The van der Waals surface area contributed by atoms with Gasteiger partial charge in [0.2, 0.25) is 0 Å². The minimum atomic E-state index is -0.0484. The van der Waals surface area contributed by atoms with Crippen LogP contribution in [0.2, 0.25) is 0 Å². The lowest BCUT2D eigenvalue weighted by Gasteiger charge is -2.25. The standard InChI is InChI=1S/C27H26N2/c1-19-17-20(2)26(21(3)18-19)29-27(25-15-9-10-16-28-25)24-14-8-7-13-23(24)22-11-5-4-6-12-22/h4-18,27,29H,1-3H3. The summed E-state index contributed by atoms with van der Waals surface area (Å²) in [7, 11) is 0. The van der Waals surface area contributed by atoms with Gasteiger partial charge in [0, 0.05) is 11.9 Å². The largest absolute Gasteiger partial charge is 0.372 e. The summed E-state index contributed by atoms with van der Waals surface area (Å²) < 4.78 is 0. The molecule has 0 saturated carbocycles. The zero-order valence-corrected chi connectivity index (χ0v) is 17.2. The predicted octanol–water partition coefficient (Wildman–Crippen LogP) is 6.88. The van der Waals surface area contributed by atoms with Gasteiger partial charge in [0.1, 0.15) is 0 Å². The Morgan fingerprint density at radius 3 is 2.07 bits per heavy atom. The van der Waals surface area contributed by atoms with Crippen LogP contribution in [0.15, 0.2) is 91.1 Å². The van der Waals surface area contributed by atoms with Crippen LogP contribution in [0.1, 0.15) is 34.0 Å². The van der Waals surface area contributed by atoms with Crippen LogP contribution in [0.5, 0.6) is 0 Å². The lowest BCUT2D eigenvalue weighted by Crippen LogP contribution is -2.16. The summed E-state index contributed by atoms with van der Waals surface area (Å²) in [5.41, 5.74) is 9.62. The first kappa shape index (κ1) is 18.9. The van der Waals surface area contributed by atoms with Crippen molar-refractivity contribution in [1.82, 2.24) is 4.98 Å². The average molecular weight is 379 g/mol. The summed E-state index contributed by atoms with van der Waals surface area (Å²) in [6.45, 7) is 6.48. The number of aromatic nitrogens is 1. The molecule has 0 amide bonds. The summed E-state index contributed by atoms with van der Waals surface area (Å²) in [5, 5.41) is 3.82. The van der Waals surface area contributed by atoms with Gasteiger partial charge in [-0.3, -0.25) is 4.98 Å². The molecule has 1 N–H and O–H groups in total. The fourth-order valence-electron chi connectivity index (χ4n) is 4.04. The summed E-state index contributed by atoms with van der Waals surface area (Å²) in [5.74, 6) is 0. The maximum absolute atomic E-state index is 4.70. The number of rotatable bonds is 5. The Kier molecular flexibility index (Phi) is 5.44. The van der Waals surface area contributed by atoms with Crippen molar-refractivity contribution in [2.24, 2.45) is 0 Å². The zero-order valence-electron chi connectivity index (χ0n) is 17.2. The third-order valence-corrected chi connectivity index (χ3v) is 5.31. The highest BCUT2D eigenvalue weighted by Crippen LogP contribution is 2.35. The summed E-state index contributed by atoms with van der Waals surface area (Å²) in [6, 6.07) is 29.7. The van der Waals surface area contributed by atoms with Gasteiger partial charge >= 0.3 is 0 Å². The molecule has 4 aromatic rings. The molecule has 1 heterocycles. The van der Waals surface area contributed by atoms with Gasteiger partial charge in [0.05, 0.1) is 11.7 Å². The lowest BCUT2D eigenvalue weighted by molar-refractivity contribution is 0.884. The van der Waals surface area contributed by atoms with Gasteiger partial charge in [-0.2, -0.15) is 0 Å². The second-order valence-corrected chi connectivity index (χ2v) is 7.56. The second-order valence-electron chi connectivity index (χ2n) is 7.56. The van der Waals surface area contributed by atoms with Gasteiger partial charge in [0.25, 0.3) is 0 Å². The van der Waals surface area contributed by atoms with Crippen LogP contribution in [0.25, 0.3) is 11.1 Å². The molecule has 2 nitrogen and oxygen atoms in total. The van der Waals surface area contributed by atoms with Crippen LogP contribution in [-0.4, -0.2) is 4.98 Å². The van der Waals surface area contributed by atoms with Crippen LogP contribution in [0.3, 0.4) is 0 Å². The first-order valence-electron chi connectivity index (χ1n) is 10.0. The average Bonchev–Trinajstić information content (AvgIpc) is 2.75. The molecule has 3 aromatic carbocycles. The number of aryl methyl sites for hydroxylation is 3. The predicted molar refractivity (Wildman–Crippen MR) is 122 cm³/mol. The normalized spacial score (nSPS) is 11.8. The highest BCUT2D eigenvalue weighted by atomic mass is 15.0. The SMILES string of the molecule is Cc1cc(C)c(NC(c2ccccn2)c2ccccc2-c2ccccc2)c(C)c1. The van der Waals surface area contributed by atoms with Crippen molar-refractivity contribution in [3.8, 4) is 11.1 Å². The molecular weight excluding hydrogens is 352 g/mol. The molecule has 4 rings (SSSR count). The van der Waals surface area contributed by atoms with E-state index in [0.717, 1.165) is 5.69 Å². The molecule has 0 aliphatic rings. The molecule has 0 radical (unpaired) electrons. The monoisotopic (exact) mass is 378 g/mol. The van der Waals surface area contributed by atoms with E-state index in [1.54, 1.807) is 0 Å². The van der Waals surface area contributed by atoms with E-state index in [9.17, 15) is 0 Å². The Morgan fingerprint density at radius 2 is 1.38 bits per heavy atom. The number of nitrogens with one attached hydrogen (secondary N) is 1. The quantitative estimate of drug-likeness (QED) is 0.409. The number of anilines is 1. The highest BCUT2D eigenvalue weighted by Gasteiger charge is 2.20. The molecule has 0 aliphatic heterocycles. The second kappa shape index (κ2) is 8.32. The Balaban J connectivity index is 1.86. The van der Waals surface area contributed by atoms with Gasteiger partial charge in [-0.15, -0.1) is 0 Å². The molecule has 144 valence electrons. The van der Waals surface area contributed by atoms with Crippen molar-refractivity contribution in [1.29, 1.82) is 0 Å². The van der Waals surface area contributed by atoms with E-state index >= 15 is 0 Å². The summed E-state index contributed by atoms with van der Waals surface area (Å²) >= 11 is 0. The molecule has 0 saturated heterocycles. The maximum atomic E-state index is 4.70. The summed E-state index contributed by atoms with van der Waals surface area (Å²) in [6.07, 6.45) is 1.87. The molecule has 0 fully saturated rings. The van der Waals surface area contributed by atoms with Gasteiger partial charge in [-0.05, 0) is 60.7 Å². The molecular formula is C27H26N2. The first-order chi connectivity index (χ1) is 14.1. The van der Waals surface area contributed by atoms with E-state index in [1.165, 1.54) is 39.1 Å². The number of hydrogen-bond donors (Lipinski definition) is 1. The van der Waals surface area contributed by atoms with Crippen molar-refractivity contribution in [2.75, 3.05) is 5.32 Å².